The zero-order chi connectivity index (χ0) is 23.4. The molecule has 3 heteroatoms. The highest BCUT2D eigenvalue weighted by atomic mass is 31.1. The summed E-state index contributed by atoms with van der Waals surface area (Å²) in [5.74, 6) is 0.826. The molecular formula is C28H41O2P. The van der Waals surface area contributed by atoms with Gasteiger partial charge >= 0.3 is 0 Å². The molecule has 2 aromatic carbocycles. The highest BCUT2D eigenvalue weighted by Gasteiger charge is 2.37. The molecule has 0 aliphatic carbocycles. The molecule has 0 spiro atoms. The minimum absolute atomic E-state index is 0.0114. The molecule has 1 unspecified atom stereocenters. The Bertz CT molecular complexity index is 1000. The highest BCUT2D eigenvalue weighted by molar-refractivity contribution is 7.49. The maximum atomic E-state index is 13.0. The third-order valence-electron chi connectivity index (χ3n) is 6.18. The molecule has 0 saturated heterocycles. The molecule has 31 heavy (non-hydrogen) atoms. The molecule has 3 rings (SSSR count). The summed E-state index contributed by atoms with van der Waals surface area (Å²) in [5, 5.41) is 0.838. The van der Waals surface area contributed by atoms with E-state index in [0.717, 1.165) is 35.0 Å². The number of hydrogen-bond donors (Lipinski definition) is 0. The van der Waals surface area contributed by atoms with E-state index in [1.807, 2.05) is 18.2 Å². The predicted octanol–water partition coefficient (Wildman–Crippen LogP) is 8.27. The van der Waals surface area contributed by atoms with Crippen molar-refractivity contribution in [2.75, 3.05) is 0 Å². The van der Waals surface area contributed by atoms with Gasteiger partial charge < -0.3 is 4.52 Å². The molecule has 0 saturated carbocycles. The monoisotopic (exact) mass is 440 g/mol. The SMILES string of the molecule is CC(C)(C)CC(C)(C)c1cc2c(c(C(C)(C)CC(C)(C)C)c1)O[PH](=O)c1ccccc1-2. The van der Waals surface area contributed by atoms with Gasteiger partial charge in [0, 0.05) is 11.1 Å². The Morgan fingerprint density at radius 1 is 0.742 bits per heavy atom. The van der Waals surface area contributed by atoms with Crippen molar-refractivity contribution >= 4 is 13.3 Å². The van der Waals surface area contributed by atoms with Crippen LogP contribution in [0.5, 0.6) is 5.75 Å². The van der Waals surface area contributed by atoms with Crippen molar-refractivity contribution < 1.29 is 9.09 Å². The van der Waals surface area contributed by atoms with Crippen LogP contribution in [0, 0.1) is 10.8 Å². The van der Waals surface area contributed by atoms with Crippen LogP contribution in [0.3, 0.4) is 0 Å². The van der Waals surface area contributed by atoms with Gasteiger partial charge in [0.2, 0.25) is 0 Å². The molecule has 1 aliphatic rings. The Morgan fingerprint density at radius 3 is 1.87 bits per heavy atom. The number of rotatable bonds is 4. The van der Waals surface area contributed by atoms with Crippen LogP contribution in [0.1, 0.15) is 93.2 Å². The molecule has 0 amide bonds. The topological polar surface area (TPSA) is 26.3 Å². The van der Waals surface area contributed by atoms with Gasteiger partial charge in [0.25, 0.3) is 8.03 Å². The fourth-order valence-electron chi connectivity index (χ4n) is 5.72. The first-order valence-electron chi connectivity index (χ1n) is 11.5. The van der Waals surface area contributed by atoms with Gasteiger partial charge in [-0.25, -0.2) is 0 Å². The largest absolute Gasteiger partial charge is 0.441 e. The Labute approximate surface area is 190 Å². The Hall–Kier alpha value is -1.53. The van der Waals surface area contributed by atoms with Gasteiger partial charge in [-0.2, -0.15) is 0 Å². The van der Waals surface area contributed by atoms with Crippen LogP contribution >= 0.6 is 8.03 Å². The minimum atomic E-state index is -2.31. The van der Waals surface area contributed by atoms with Crippen LogP contribution in [-0.2, 0) is 15.4 Å². The second kappa shape index (κ2) is 7.80. The molecule has 2 aromatic rings. The lowest BCUT2D eigenvalue weighted by molar-refractivity contribution is 0.277. The average molecular weight is 441 g/mol. The van der Waals surface area contributed by atoms with Crippen molar-refractivity contribution in [2.45, 2.75) is 92.9 Å². The summed E-state index contributed by atoms with van der Waals surface area (Å²) in [6.45, 7) is 23.1. The number of benzene rings is 2. The van der Waals surface area contributed by atoms with E-state index in [0.29, 0.717) is 0 Å². The number of fused-ring (bicyclic) bond motifs is 3. The van der Waals surface area contributed by atoms with Gasteiger partial charge in [-0.1, -0.05) is 93.5 Å². The van der Waals surface area contributed by atoms with E-state index >= 15 is 0 Å². The van der Waals surface area contributed by atoms with Crippen molar-refractivity contribution in [3.05, 3.63) is 47.5 Å². The molecule has 0 bridgehead atoms. The van der Waals surface area contributed by atoms with E-state index in [1.54, 1.807) is 0 Å². The van der Waals surface area contributed by atoms with E-state index in [9.17, 15) is 4.57 Å². The zero-order valence-corrected chi connectivity index (χ0v) is 22.2. The van der Waals surface area contributed by atoms with Crippen LogP contribution in [-0.4, -0.2) is 0 Å². The highest BCUT2D eigenvalue weighted by Crippen LogP contribution is 2.52. The Kier molecular flexibility index (Phi) is 6.07. The van der Waals surface area contributed by atoms with Crippen molar-refractivity contribution in [3.8, 4) is 16.9 Å². The van der Waals surface area contributed by atoms with Crippen LogP contribution in [0.25, 0.3) is 11.1 Å². The lowest BCUT2D eigenvalue weighted by atomic mass is 9.68. The molecule has 0 fully saturated rings. The molecule has 2 nitrogen and oxygen atoms in total. The first kappa shape index (κ1) is 24.1. The van der Waals surface area contributed by atoms with Crippen molar-refractivity contribution in [2.24, 2.45) is 10.8 Å². The fraction of sp³-hybridized carbons (Fsp3) is 0.571. The quantitative estimate of drug-likeness (QED) is 0.447. The van der Waals surface area contributed by atoms with Crippen LogP contribution in [0.15, 0.2) is 36.4 Å². The van der Waals surface area contributed by atoms with Crippen molar-refractivity contribution in [3.63, 3.8) is 0 Å². The lowest BCUT2D eigenvalue weighted by Gasteiger charge is -2.38. The fourth-order valence-corrected chi connectivity index (χ4v) is 6.91. The Balaban J connectivity index is 2.30. The molecule has 0 aromatic heterocycles. The predicted molar refractivity (Wildman–Crippen MR) is 135 cm³/mol. The third kappa shape index (κ3) is 5.28. The summed E-state index contributed by atoms with van der Waals surface area (Å²) in [5.41, 5.74) is 4.97. The summed E-state index contributed by atoms with van der Waals surface area (Å²) in [6, 6.07) is 12.7. The molecule has 0 radical (unpaired) electrons. The van der Waals surface area contributed by atoms with Crippen LogP contribution in [0.2, 0.25) is 0 Å². The molecule has 170 valence electrons. The van der Waals surface area contributed by atoms with Gasteiger partial charge in [-0.15, -0.1) is 0 Å². The first-order valence-corrected chi connectivity index (χ1v) is 12.8. The summed E-state index contributed by atoms with van der Waals surface area (Å²) in [7, 11) is -2.31. The molecule has 1 heterocycles. The van der Waals surface area contributed by atoms with Crippen molar-refractivity contribution in [1.29, 1.82) is 0 Å². The first-order chi connectivity index (χ1) is 14.0. The van der Waals surface area contributed by atoms with E-state index in [-0.39, 0.29) is 21.7 Å². The zero-order valence-electron chi connectivity index (χ0n) is 21.2. The van der Waals surface area contributed by atoms with Gasteiger partial charge in [0.15, 0.2) is 0 Å². The van der Waals surface area contributed by atoms with Gasteiger partial charge in [0.1, 0.15) is 5.75 Å². The summed E-state index contributed by atoms with van der Waals surface area (Å²) < 4.78 is 19.3. The van der Waals surface area contributed by atoms with Crippen molar-refractivity contribution in [1.82, 2.24) is 0 Å². The van der Waals surface area contributed by atoms with Gasteiger partial charge in [-0.3, -0.25) is 4.57 Å². The normalized spacial score (nSPS) is 17.0. The molecule has 1 aliphatic heterocycles. The van der Waals surface area contributed by atoms with Crippen LogP contribution < -0.4 is 9.83 Å². The smallest absolute Gasteiger partial charge is 0.266 e. The van der Waals surface area contributed by atoms with E-state index < -0.39 is 8.03 Å². The third-order valence-corrected chi connectivity index (χ3v) is 7.44. The summed E-state index contributed by atoms with van der Waals surface area (Å²) in [6.07, 6.45) is 2.10. The Morgan fingerprint density at radius 2 is 1.29 bits per heavy atom. The maximum absolute atomic E-state index is 13.0. The lowest BCUT2D eigenvalue weighted by Crippen LogP contribution is -2.29. The van der Waals surface area contributed by atoms with Crippen LogP contribution in [0.4, 0.5) is 0 Å². The molecule has 0 N–H and O–H groups in total. The summed E-state index contributed by atoms with van der Waals surface area (Å²) >= 11 is 0. The average Bonchev–Trinajstić information content (AvgIpc) is 2.57. The number of hydrogen-bond acceptors (Lipinski definition) is 2. The van der Waals surface area contributed by atoms with Gasteiger partial charge in [-0.05, 0) is 57.8 Å². The van der Waals surface area contributed by atoms with E-state index in [4.69, 9.17) is 4.52 Å². The van der Waals surface area contributed by atoms with E-state index in [1.165, 1.54) is 11.1 Å². The maximum Gasteiger partial charge on any atom is 0.266 e. The van der Waals surface area contributed by atoms with Gasteiger partial charge in [0.05, 0.1) is 5.30 Å². The minimum Gasteiger partial charge on any atom is -0.441 e. The summed E-state index contributed by atoms with van der Waals surface area (Å²) in [4.78, 5) is 0. The standard InChI is InChI=1S/C28H41O2P/c1-25(2,3)17-27(7,8)19-15-21-20-13-11-12-14-23(20)31(29)30-24(21)22(16-19)28(9,10)18-26(4,5)6/h11-16,31H,17-18H2,1-10H3. The second-order valence-corrected chi connectivity index (χ2v) is 14.4. The molecule has 1 atom stereocenters. The molecular weight excluding hydrogens is 399 g/mol. The van der Waals surface area contributed by atoms with E-state index in [2.05, 4.69) is 87.4 Å². The second-order valence-electron chi connectivity index (χ2n) is 13.1.